The SMILES string of the molecule is O=C(OCc1ccc(Cl)c(Cl)c1)Oc1ccc([N+](=O)[O-])cc1. The second kappa shape index (κ2) is 7.11. The molecule has 0 spiro atoms. The molecule has 22 heavy (non-hydrogen) atoms. The summed E-state index contributed by atoms with van der Waals surface area (Å²) in [5, 5.41) is 11.3. The minimum absolute atomic E-state index is 0.0390. The summed E-state index contributed by atoms with van der Waals surface area (Å²) in [6, 6.07) is 9.88. The summed E-state index contributed by atoms with van der Waals surface area (Å²) >= 11 is 11.6. The average Bonchev–Trinajstić information content (AvgIpc) is 2.49. The van der Waals surface area contributed by atoms with Gasteiger partial charge in [-0.1, -0.05) is 29.3 Å². The number of hydrogen-bond acceptors (Lipinski definition) is 5. The lowest BCUT2D eigenvalue weighted by atomic mass is 10.2. The molecule has 0 aromatic heterocycles. The van der Waals surface area contributed by atoms with E-state index in [1.165, 1.54) is 24.3 Å². The van der Waals surface area contributed by atoms with E-state index in [-0.39, 0.29) is 18.0 Å². The zero-order valence-corrected chi connectivity index (χ0v) is 12.5. The Labute approximate surface area is 135 Å². The van der Waals surface area contributed by atoms with Crippen LogP contribution in [0.3, 0.4) is 0 Å². The van der Waals surface area contributed by atoms with E-state index in [0.717, 1.165) is 0 Å². The lowest BCUT2D eigenvalue weighted by Gasteiger charge is -2.06. The van der Waals surface area contributed by atoms with Crippen molar-refractivity contribution in [2.75, 3.05) is 0 Å². The number of non-ortho nitro benzene ring substituents is 1. The smallest absolute Gasteiger partial charge is 0.429 e. The predicted octanol–water partition coefficient (Wildman–Crippen LogP) is 4.62. The number of carbonyl (C=O) groups is 1. The highest BCUT2D eigenvalue weighted by atomic mass is 35.5. The second-order valence-electron chi connectivity index (χ2n) is 4.14. The second-order valence-corrected chi connectivity index (χ2v) is 4.95. The molecule has 0 atom stereocenters. The van der Waals surface area contributed by atoms with Crippen LogP contribution in [0.1, 0.15) is 5.56 Å². The highest BCUT2D eigenvalue weighted by Crippen LogP contribution is 2.23. The first-order valence-corrected chi connectivity index (χ1v) is 6.74. The number of nitrogens with zero attached hydrogens (tertiary/aromatic N) is 1. The average molecular weight is 342 g/mol. The van der Waals surface area contributed by atoms with Gasteiger partial charge in [-0.2, -0.15) is 0 Å². The van der Waals surface area contributed by atoms with Gasteiger partial charge in [0.25, 0.3) is 5.69 Å². The van der Waals surface area contributed by atoms with Crippen LogP contribution in [0.25, 0.3) is 0 Å². The van der Waals surface area contributed by atoms with Crippen molar-refractivity contribution in [1.82, 2.24) is 0 Å². The Morgan fingerprint density at radius 3 is 2.36 bits per heavy atom. The Bertz CT molecular complexity index is 703. The normalized spacial score (nSPS) is 10.1. The molecule has 0 saturated carbocycles. The van der Waals surface area contributed by atoms with E-state index in [1.807, 2.05) is 0 Å². The van der Waals surface area contributed by atoms with Crippen LogP contribution in [-0.4, -0.2) is 11.1 Å². The van der Waals surface area contributed by atoms with Crippen molar-refractivity contribution in [3.8, 4) is 5.75 Å². The summed E-state index contributed by atoms with van der Waals surface area (Å²) < 4.78 is 9.79. The van der Waals surface area contributed by atoms with Gasteiger partial charge in [0.2, 0.25) is 0 Å². The minimum atomic E-state index is -0.931. The Morgan fingerprint density at radius 2 is 1.77 bits per heavy atom. The van der Waals surface area contributed by atoms with Gasteiger partial charge in [-0.25, -0.2) is 4.79 Å². The van der Waals surface area contributed by atoms with Gasteiger partial charge in [0, 0.05) is 12.1 Å². The quantitative estimate of drug-likeness (QED) is 0.351. The molecule has 0 aliphatic heterocycles. The van der Waals surface area contributed by atoms with Crippen LogP contribution in [0, 0.1) is 10.1 Å². The summed E-state index contributed by atoms with van der Waals surface area (Å²) in [6.45, 7) is -0.0390. The third-order valence-electron chi connectivity index (χ3n) is 2.59. The van der Waals surface area contributed by atoms with Crippen molar-refractivity contribution >= 4 is 35.0 Å². The van der Waals surface area contributed by atoms with E-state index in [0.29, 0.717) is 15.6 Å². The molecule has 0 N–H and O–H groups in total. The Kier molecular flexibility index (Phi) is 5.19. The molecule has 2 rings (SSSR count). The zero-order chi connectivity index (χ0) is 16.1. The van der Waals surface area contributed by atoms with E-state index in [1.54, 1.807) is 18.2 Å². The first-order chi connectivity index (χ1) is 10.5. The van der Waals surface area contributed by atoms with Gasteiger partial charge in [0.15, 0.2) is 0 Å². The van der Waals surface area contributed by atoms with E-state index in [9.17, 15) is 14.9 Å². The molecule has 0 aliphatic carbocycles. The third kappa shape index (κ3) is 4.34. The van der Waals surface area contributed by atoms with Crippen molar-refractivity contribution in [3.63, 3.8) is 0 Å². The molecule has 114 valence electrons. The summed E-state index contributed by atoms with van der Waals surface area (Å²) in [4.78, 5) is 21.5. The fraction of sp³-hybridized carbons (Fsp3) is 0.0714. The van der Waals surface area contributed by atoms with Gasteiger partial charge in [-0.05, 0) is 29.8 Å². The molecule has 2 aromatic rings. The number of hydrogen-bond donors (Lipinski definition) is 0. The van der Waals surface area contributed by atoms with Crippen LogP contribution in [0.5, 0.6) is 5.75 Å². The monoisotopic (exact) mass is 341 g/mol. The summed E-state index contributed by atoms with van der Waals surface area (Å²) in [7, 11) is 0. The van der Waals surface area contributed by atoms with Gasteiger partial charge < -0.3 is 9.47 Å². The molecule has 0 amide bonds. The molecule has 2 aromatic carbocycles. The molecule has 0 unspecified atom stereocenters. The third-order valence-corrected chi connectivity index (χ3v) is 3.33. The van der Waals surface area contributed by atoms with Gasteiger partial charge in [-0.15, -0.1) is 0 Å². The minimum Gasteiger partial charge on any atom is -0.429 e. The van der Waals surface area contributed by atoms with Crippen LogP contribution in [0.4, 0.5) is 10.5 Å². The number of halogens is 2. The van der Waals surface area contributed by atoms with Crippen molar-refractivity contribution in [3.05, 3.63) is 68.2 Å². The molecular weight excluding hydrogens is 333 g/mol. The maximum atomic E-state index is 11.5. The van der Waals surface area contributed by atoms with Crippen molar-refractivity contribution in [2.45, 2.75) is 6.61 Å². The number of benzene rings is 2. The van der Waals surface area contributed by atoms with Crippen LogP contribution in [0.15, 0.2) is 42.5 Å². The maximum absolute atomic E-state index is 11.5. The van der Waals surface area contributed by atoms with Gasteiger partial charge in [-0.3, -0.25) is 10.1 Å². The highest BCUT2D eigenvalue weighted by Gasteiger charge is 2.10. The van der Waals surface area contributed by atoms with Gasteiger partial charge in [0.1, 0.15) is 12.4 Å². The number of carbonyl (C=O) groups excluding carboxylic acids is 1. The van der Waals surface area contributed by atoms with E-state index in [4.69, 9.17) is 32.7 Å². The van der Waals surface area contributed by atoms with E-state index < -0.39 is 11.1 Å². The molecule has 0 aliphatic rings. The lowest BCUT2D eigenvalue weighted by Crippen LogP contribution is -2.10. The predicted molar refractivity (Wildman–Crippen MR) is 80.4 cm³/mol. The van der Waals surface area contributed by atoms with Gasteiger partial charge >= 0.3 is 6.16 Å². The van der Waals surface area contributed by atoms with Crippen LogP contribution in [-0.2, 0) is 11.3 Å². The number of nitro groups is 1. The molecule has 0 heterocycles. The van der Waals surface area contributed by atoms with Crippen LogP contribution < -0.4 is 4.74 Å². The molecule has 0 radical (unpaired) electrons. The summed E-state index contributed by atoms with van der Waals surface area (Å²) in [5.74, 6) is 0.143. The Balaban J connectivity index is 1.89. The lowest BCUT2D eigenvalue weighted by molar-refractivity contribution is -0.384. The van der Waals surface area contributed by atoms with Crippen LogP contribution >= 0.6 is 23.2 Å². The largest absolute Gasteiger partial charge is 0.514 e. The van der Waals surface area contributed by atoms with Crippen molar-refractivity contribution in [2.24, 2.45) is 0 Å². The molecular formula is C14H9Cl2NO5. The first kappa shape index (κ1) is 16.1. The number of rotatable bonds is 4. The first-order valence-electron chi connectivity index (χ1n) is 5.98. The van der Waals surface area contributed by atoms with E-state index in [2.05, 4.69) is 0 Å². The fourth-order valence-electron chi connectivity index (χ4n) is 1.53. The maximum Gasteiger partial charge on any atom is 0.514 e. The number of ether oxygens (including phenoxy) is 2. The van der Waals surface area contributed by atoms with E-state index >= 15 is 0 Å². The topological polar surface area (TPSA) is 78.7 Å². The molecule has 0 saturated heterocycles. The summed E-state index contributed by atoms with van der Waals surface area (Å²) in [5.41, 5.74) is 0.548. The number of nitro benzene ring substituents is 1. The fourth-order valence-corrected chi connectivity index (χ4v) is 1.85. The van der Waals surface area contributed by atoms with Gasteiger partial charge in [0.05, 0.1) is 15.0 Å². The molecule has 6 nitrogen and oxygen atoms in total. The molecule has 8 heteroatoms. The van der Waals surface area contributed by atoms with Crippen LogP contribution in [0.2, 0.25) is 10.0 Å². The molecule has 0 bridgehead atoms. The Hall–Kier alpha value is -2.31. The summed E-state index contributed by atoms with van der Waals surface area (Å²) in [6.07, 6.45) is -0.931. The Morgan fingerprint density at radius 1 is 1.09 bits per heavy atom. The van der Waals surface area contributed by atoms with Crippen molar-refractivity contribution < 1.29 is 19.2 Å². The molecule has 0 fully saturated rings. The standard InChI is InChI=1S/C14H9Cl2NO5/c15-12-6-1-9(7-13(12)16)8-21-14(18)22-11-4-2-10(3-5-11)17(19)20/h1-7H,8H2. The van der Waals surface area contributed by atoms with Crippen molar-refractivity contribution in [1.29, 1.82) is 0 Å². The zero-order valence-electron chi connectivity index (χ0n) is 11.0. The highest BCUT2D eigenvalue weighted by molar-refractivity contribution is 6.42.